The van der Waals surface area contributed by atoms with Crippen LogP contribution in [-0.2, 0) is 21.2 Å². The Morgan fingerprint density at radius 2 is 1.88 bits per heavy atom. The van der Waals surface area contributed by atoms with Crippen LogP contribution in [0.25, 0.3) is 0 Å². The van der Waals surface area contributed by atoms with Gasteiger partial charge in [-0.3, -0.25) is 9.52 Å². The van der Waals surface area contributed by atoms with E-state index in [1.54, 1.807) is 41.8 Å². The Morgan fingerprint density at radius 3 is 2.46 bits per heavy atom. The number of amides is 1. The van der Waals surface area contributed by atoms with E-state index >= 15 is 0 Å². The summed E-state index contributed by atoms with van der Waals surface area (Å²) in [4.78, 5) is 11.8. The van der Waals surface area contributed by atoms with E-state index in [0.717, 1.165) is 12.0 Å². The second kappa shape index (κ2) is 8.30. The molecule has 130 valence electrons. The number of sulfonamides is 1. The van der Waals surface area contributed by atoms with Crippen molar-refractivity contribution in [1.29, 1.82) is 0 Å². The first-order valence-corrected chi connectivity index (χ1v) is 10.1. The summed E-state index contributed by atoms with van der Waals surface area (Å²) in [5.41, 5.74) is 1.32. The van der Waals surface area contributed by atoms with E-state index in [0.29, 0.717) is 18.2 Å². The Hall–Kier alpha value is -1.86. The normalized spacial score (nSPS) is 11.5. The average molecular weight is 367 g/mol. The topological polar surface area (TPSA) is 75.3 Å². The Labute approximate surface area is 147 Å². The molecule has 1 aromatic heterocycles. The second-order valence-electron chi connectivity index (χ2n) is 5.94. The fraction of sp³-hybridized carbons (Fsp3) is 0.353. The van der Waals surface area contributed by atoms with E-state index < -0.39 is 10.0 Å². The van der Waals surface area contributed by atoms with Crippen LogP contribution in [0.15, 0.2) is 46.0 Å². The van der Waals surface area contributed by atoms with E-state index in [1.807, 2.05) is 0 Å². The average Bonchev–Trinajstić information content (AvgIpc) is 3.04. The van der Waals surface area contributed by atoms with Gasteiger partial charge in [0, 0.05) is 12.2 Å². The van der Waals surface area contributed by atoms with Gasteiger partial charge in [0.15, 0.2) is 0 Å². The molecule has 7 heteroatoms. The molecule has 0 fully saturated rings. The van der Waals surface area contributed by atoms with Crippen molar-refractivity contribution >= 4 is 33.0 Å². The molecule has 2 aromatic rings. The number of hydrogen-bond donors (Lipinski definition) is 2. The minimum atomic E-state index is -3.54. The monoisotopic (exact) mass is 366 g/mol. The Bertz CT molecular complexity index is 752. The minimum Gasteiger partial charge on any atom is -0.356 e. The molecule has 0 aliphatic rings. The SMILES string of the molecule is CC(C)CCNC(=O)Cc1ccc(NS(=O)(=O)c2cccs2)cc1. The van der Waals surface area contributed by atoms with Crippen LogP contribution in [0.3, 0.4) is 0 Å². The van der Waals surface area contributed by atoms with Gasteiger partial charge in [-0.25, -0.2) is 8.42 Å². The predicted octanol–water partition coefficient (Wildman–Crippen LogP) is 3.25. The Kier molecular flexibility index (Phi) is 6.39. The van der Waals surface area contributed by atoms with Crippen LogP contribution in [0.1, 0.15) is 25.8 Å². The molecule has 24 heavy (non-hydrogen) atoms. The third-order valence-electron chi connectivity index (χ3n) is 3.37. The number of hydrogen-bond acceptors (Lipinski definition) is 4. The third-order valence-corrected chi connectivity index (χ3v) is 6.15. The summed E-state index contributed by atoms with van der Waals surface area (Å²) in [6, 6.07) is 10.1. The van der Waals surface area contributed by atoms with Gasteiger partial charge >= 0.3 is 0 Å². The van der Waals surface area contributed by atoms with Gasteiger partial charge in [0.05, 0.1) is 6.42 Å². The summed E-state index contributed by atoms with van der Waals surface area (Å²) >= 11 is 1.17. The van der Waals surface area contributed by atoms with E-state index in [9.17, 15) is 13.2 Å². The first-order valence-electron chi connectivity index (χ1n) is 7.79. The zero-order valence-corrected chi connectivity index (χ0v) is 15.4. The van der Waals surface area contributed by atoms with E-state index in [1.165, 1.54) is 11.3 Å². The predicted molar refractivity (Wildman–Crippen MR) is 97.7 cm³/mol. The maximum Gasteiger partial charge on any atom is 0.271 e. The van der Waals surface area contributed by atoms with Gasteiger partial charge in [0.2, 0.25) is 5.91 Å². The van der Waals surface area contributed by atoms with Crippen LogP contribution >= 0.6 is 11.3 Å². The van der Waals surface area contributed by atoms with Crippen molar-refractivity contribution in [3.8, 4) is 0 Å². The molecule has 0 radical (unpaired) electrons. The first kappa shape index (κ1) is 18.5. The summed E-state index contributed by atoms with van der Waals surface area (Å²) in [7, 11) is -3.54. The van der Waals surface area contributed by atoms with E-state index in [2.05, 4.69) is 23.9 Å². The molecular formula is C17H22N2O3S2. The molecule has 0 bridgehead atoms. The number of rotatable bonds is 8. The Balaban J connectivity index is 1.90. The zero-order valence-electron chi connectivity index (χ0n) is 13.8. The third kappa shape index (κ3) is 5.65. The summed E-state index contributed by atoms with van der Waals surface area (Å²) < 4.78 is 27.1. The maximum absolute atomic E-state index is 12.1. The molecule has 1 heterocycles. The summed E-state index contributed by atoms with van der Waals surface area (Å²) in [5.74, 6) is 0.531. The van der Waals surface area contributed by atoms with Crippen LogP contribution in [0, 0.1) is 5.92 Å². The van der Waals surface area contributed by atoms with Crippen molar-refractivity contribution in [2.24, 2.45) is 5.92 Å². The highest BCUT2D eigenvalue weighted by molar-refractivity contribution is 7.94. The molecule has 0 saturated carbocycles. The zero-order chi connectivity index (χ0) is 17.6. The number of carbonyl (C=O) groups is 1. The van der Waals surface area contributed by atoms with Gasteiger partial charge < -0.3 is 5.32 Å². The van der Waals surface area contributed by atoms with Crippen molar-refractivity contribution < 1.29 is 13.2 Å². The lowest BCUT2D eigenvalue weighted by atomic mass is 10.1. The van der Waals surface area contributed by atoms with Crippen molar-refractivity contribution in [2.75, 3.05) is 11.3 Å². The molecule has 0 unspecified atom stereocenters. The smallest absolute Gasteiger partial charge is 0.271 e. The number of carbonyl (C=O) groups excluding carboxylic acids is 1. The highest BCUT2D eigenvalue weighted by atomic mass is 32.2. The quantitative estimate of drug-likeness (QED) is 0.753. The number of anilines is 1. The lowest BCUT2D eigenvalue weighted by Crippen LogP contribution is -2.26. The highest BCUT2D eigenvalue weighted by Crippen LogP contribution is 2.20. The van der Waals surface area contributed by atoms with Gasteiger partial charge in [0.1, 0.15) is 4.21 Å². The minimum absolute atomic E-state index is 0.0254. The van der Waals surface area contributed by atoms with Crippen molar-refractivity contribution in [1.82, 2.24) is 5.32 Å². The molecule has 5 nitrogen and oxygen atoms in total. The second-order valence-corrected chi connectivity index (χ2v) is 8.80. The molecule has 0 spiro atoms. The molecule has 1 amide bonds. The van der Waals surface area contributed by atoms with Gasteiger partial charge in [-0.1, -0.05) is 32.0 Å². The standard InChI is InChI=1S/C17H22N2O3S2/c1-13(2)9-10-18-16(20)12-14-5-7-15(8-6-14)19-24(21,22)17-4-3-11-23-17/h3-8,11,13,19H,9-10,12H2,1-2H3,(H,18,20). The fourth-order valence-corrected chi connectivity index (χ4v) is 4.11. The molecule has 1 aromatic carbocycles. The molecule has 0 saturated heterocycles. The Morgan fingerprint density at radius 1 is 1.17 bits per heavy atom. The van der Waals surface area contributed by atoms with E-state index in [4.69, 9.17) is 0 Å². The maximum atomic E-state index is 12.1. The fourth-order valence-electron chi connectivity index (χ4n) is 2.06. The van der Waals surface area contributed by atoms with Crippen LogP contribution in [0.4, 0.5) is 5.69 Å². The van der Waals surface area contributed by atoms with Crippen molar-refractivity contribution in [3.05, 3.63) is 47.3 Å². The van der Waals surface area contributed by atoms with Gasteiger partial charge in [-0.15, -0.1) is 11.3 Å². The number of thiophene rings is 1. The van der Waals surface area contributed by atoms with Crippen LogP contribution in [0.2, 0.25) is 0 Å². The first-order chi connectivity index (χ1) is 11.4. The molecule has 0 aliphatic heterocycles. The lowest BCUT2D eigenvalue weighted by Gasteiger charge is -2.09. The molecule has 0 atom stereocenters. The van der Waals surface area contributed by atoms with Crippen molar-refractivity contribution in [2.45, 2.75) is 30.9 Å². The van der Waals surface area contributed by atoms with Crippen LogP contribution < -0.4 is 10.0 Å². The van der Waals surface area contributed by atoms with Crippen LogP contribution in [-0.4, -0.2) is 20.9 Å². The number of benzene rings is 1. The molecule has 2 N–H and O–H groups in total. The lowest BCUT2D eigenvalue weighted by molar-refractivity contribution is -0.120. The van der Waals surface area contributed by atoms with E-state index in [-0.39, 0.29) is 16.5 Å². The molecule has 0 aliphatic carbocycles. The molecule has 2 rings (SSSR count). The van der Waals surface area contributed by atoms with Gasteiger partial charge in [0.25, 0.3) is 10.0 Å². The largest absolute Gasteiger partial charge is 0.356 e. The van der Waals surface area contributed by atoms with Crippen LogP contribution in [0.5, 0.6) is 0 Å². The number of nitrogens with one attached hydrogen (secondary N) is 2. The van der Waals surface area contributed by atoms with Gasteiger partial charge in [-0.05, 0) is 41.5 Å². The summed E-state index contributed by atoms with van der Waals surface area (Å²) in [5, 5.41) is 4.60. The molecular weight excluding hydrogens is 344 g/mol. The van der Waals surface area contributed by atoms with Crippen molar-refractivity contribution in [3.63, 3.8) is 0 Å². The summed E-state index contributed by atoms with van der Waals surface area (Å²) in [6.07, 6.45) is 1.24. The summed E-state index contributed by atoms with van der Waals surface area (Å²) in [6.45, 7) is 4.90. The van der Waals surface area contributed by atoms with Gasteiger partial charge in [-0.2, -0.15) is 0 Å². The highest BCUT2D eigenvalue weighted by Gasteiger charge is 2.15.